The molecule has 0 radical (unpaired) electrons. The Labute approximate surface area is 325 Å². The predicted molar refractivity (Wildman–Crippen MR) is 224 cm³/mol. The van der Waals surface area contributed by atoms with Crippen LogP contribution in [0, 0.1) is 0 Å². The molecule has 1 N–H and O–H groups in total. The molecule has 0 heterocycles. The molecule has 0 aliphatic rings. The van der Waals surface area contributed by atoms with Gasteiger partial charge in [0.1, 0.15) is 19.3 Å². The fourth-order valence-electron chi connectivity index (χ4n) is 5.11. The molecular formula is C44H79NO7P+. The average Bonchev–Trinajstić information content (AvgIpc) is 3.11. The van der Waals surface area contributed by atoms with Gasteiger partial charge < -0.3 is 18.9 Å². The Hall–Kier alpha value is -2.06. The van der Waals surface area contributed by atoms with Crippen molar-refractivity contribution in [2.45, 2.75) is 148 Å². The second-order valence-corrected chi connectivity index (χ2v) is 16.1. The van der Waals surface area contributed by atoms with Crippen LogP contribution in [-0.4, -0.2) is 75.6 Å². The summed E-state index contributed by atoms with van der Waals surface area (Å²) < 4.78 is 34.9. The van der Waals surface area contributed by atoms with Gasteiger partial charge in [0, 0.05) is 13.0 Å². The third-order valence-electron chi connectivity index (χ3n) is 8.26. The van der Waals surface area contributed by atoms with Crippen molar-refractivity contribution in [3.05, 3.63) is 72.9 Å². The minimum Gasteiger partial charge on any atom is -0.457 e. The number of carbonyl (C=O) groups excluding carboxylic acids is 1. The number of ether oxygens (including phenoxy) is 2. The summed E-state index contributed by atoms with van der Waals surface area (Å²) >= 11 is 0. The van der Waals surface area contributed by atoms with Crippen LogP contribution < -0.4 is 0 Å². The van der Waals surface area contributed by atoms with Crippen molar-refractivity contribution in [2.75, 3.05) is 54.1 Å². The number of hydrogen-bond acceptors (Lipinski definition) is 6. The summed E-state index contributed by atoms with van der Waals surface area (Å²) in [7, 11) is 1.63. The van der Waals surface area contributed by atoms with Crippen molar-refractivity contribution >= 4 is 13.8 Å². The van der Waals surface area contributed by atoms with Gasteiger partial charge in [-0.2, -0.15) is 0 Å². The minimum atomic E-state index is -4.28. The monoisotopic (exact) mass is 765 g/mol. The van der Waals surface area contributed by atoms with Gasteiger partial charge in [0.05, 0.1) is 34.4 Å². The first-order valence-electron chi connectivity index (χ1n) is 20.7. The van der Waals surface area contributed by atoms with Crippen molar-refractivity contribution < 1.29 is 37.3 Å². The highest BCUT2D eigenvalue weighted by molar-refractivity contribution is 7.47. The molecule has 0 saturated carbocycles. The van der Waals surface area contributed by atoms with E-state index in [0.29, 0.717) is 24.1 Å². The van der Waals surface area contributed by atoms with Gasteiger partial charge in [-0.15, -0.1) is 0 Å². The molecule has 0 bridgehead atoms. The number of rotatable bonds is 37. The molecule has 2 unspecified atom stereocenters. The molecule has 0 spiro atoms. The van der Waals surface area contributed by atoms with E-state index in [1.807, 2.05) is 21.1 Å². The van der Waals surface area contributed by atoms with Gasteiger partial charge in [0.25, 0.3) is 0 Å². The van der Waals surface area contributed by atoms with E-state index in [0.717, 1.165) is 103 Å². The summed E-state index contributed by atoms with van der Waals surface area (Å²) in [6.45, 7) is 5.32. The lowest BCUT2D eigenvalue weighted by Gasteiger charge is -2.24. The summed E-state index contributed by atoms with van der Waals surface area (Å²) in [5.41, 5.74) is 0. The van der Waals surface area contributed by atoms with Crippen LogP contribution >= 0.6 is 7.82 Å². The zero-order valence-electron chi connectivity index (χ0n) is 34.5. The van der Waals surface area contributed by atoms with Gasteiger partial charge in [-0.05, 0) is 77.0 Å². The van der Waals surface area contributed by atoms with Crippen LogP contribution in [-0.2, 0) is 27.9 Å². The largest absolute Gasteiger partial charge is 0.472 e. The summed E-state index contributed by atoms with van der Waals surface area (Å²) in [5, 5.41) is 0. The molecule has 0 fully saturated rings. The number of unbranched alkanes of at least 4 members (excludes halogenated alkanes) is 11. The molecule has 53 heavy (non-hydrogen) atoms. The van der Waals surface area contributed by atoms with Crippen LogP contribution in [0.5, 0.6) is 0 Å². The van der Waals surface area contributed by atoms with E-state index in [4.69, 9.17) is 18.5 Å². The van der Waals surface area contributed by atoms with E-state index in [9.17, 15) is 14.3 Å². The predicted octanol–water partition coefficient (Wildman–Crippen LogP) is 11.9. The van der Waals surface area contributed by atoms with Gasteiger partial charge in [0.2, 0.25) is 0 Å². The highest BCUT2D eigenvalue weighted by Gasteiger charge is 2.26. The SMILES string of the molecule is CC/C=C\C/C=C\C/C=C\CCCCCCCCOCC(COP(=O)(O)OCC[N+](C)(C)C)OC(=O)CCCCCCC/C=C\C/C=C\C/C=C\CC. The summed E-state index contributed by atoms with van der Waals surface area (Å²) in [5.74, 6) is -0.340. The third kappa shape index (κ3) is 41.0. The average molecular weight is 765 g/mol. The molecule has 0 aromatic rings. The second-order valence-electron chi connectivity index (χ2n) is 14.6. The fourth-order valence-corrected chi connectivity index (χ4v) is 5.85. The number of hydrogen-bond donors (Lipinski definition) is 1. The number of esters is 1. The quantitative estimate of drug-likeness (QED) is 0.0221. The molecule has 8 nitrogen and oxygen atoms in total. The Kier molecular flexibility index (Phi) is 35.5. The Bertz CT molecular complexity index is 1070. The van der Waals surface area contributed by atoms with Crippen LogP contribution in [0.2, 0.25) is 0 Å². The van der Waals surface area contributed by atoms with E-state index in [1.165, 1.54) is 19.3 Å². The Balaban J connectivity index is 4.33. The maximum Gasteiger partial charge on any atom is 0.472 e. The molecule has 9 heteroatoms. The third-order valence-corrected chi connectivity index (χ3v) is 9.25. The van der Waals surface area contributed by atoms with Gasteiger partial charge in [-0.3, -0.25) is 13.8 Å². The number of phosphoric ester groups is 1. The molecule has 0 aromatic carbocycles. The molecule has 2 atom stereocenters. The smallest absolute Gasteiger partial charge is 0.457 e. The Morgan fingerprint density at radius 2 is 1.04 bits per heavy atom. The maximum absolute atomic E-state index is 12.7. The lowest BCUT2D eigenvalue weighted by atomic mass is 10.1. The molecular weight excluding hydrogens is 685 g/mol. The maximum atomic E-state index is 12.7. The van der Waals surface area contributed by atoms with E-state index < -0.39 is 13.9 Å². The van der Waals surface area contributed by atoms with Crippen molar-refractivity contribution in [2.24, 2.45) is 0 Å². The number of allylic oxidation sites excluding steroid dienone is 12. The first kappa shape index (κ1) is 50.9. The van der Waals surface area contributed by atoms with Crippen molar-refractivity contribution in [1.82, 2.24) is 0 Å². The summed E-state index contributed by atoms with van der Waals surface area (Å²) in [6, 6.07) is 0. The van der Waals surface area contributed by atoms with Gasteiger partial charge in [-0.1, -0.05) is 132 Å². The first-order chi connectivity index (χ1) is 25.6. The van der Waals surface area contributed by atoms with Crippen molar-refractivity contribution in [3.63, 3.8) is 0 Å². The standard InChI is InChI=1S/C44H78NO7P/c1-6-8-10-12-14-16-18-20-22-24-26-28-30-32-34-36-39-49-41-43(42-51-53(47,48)50-40-38-45(3,4)5)52-44(46)37-35-33-31-29-27-25-23-21-19-17-15-13-11-9-7-2/h8-11,14-17,20-23,43H,6-7,12-13,18-19,24-42H2,1-5H3/p+1/b10-8-,11-9-,16-14-,17-15-,22-20-,23-21-. The van der Waals surface area contributed by atoms with Crippen LogP contribution in [0.15, 0.2) is 72.9 Å². The molecule has 0 rings (SSSR count). The van der Waals surface area contributed by atoms with Crippen LogP contribution in [0.3, 0.4) is 0 Å². The number of nitrogens with zero attached hydrogens (tertiary/aromatic N) is 1. The number of carbonyl (C=O) groups is 1. The second kappa shape index (κ2) is 36.9. The number of likely N-dealkylation sites (N-methyl/N-ethyl adjacent to an activating group) is 1. The topological polar surface area (TPSA) is 91.3 Å². The highest BCUT2D eigenvalue weighted by atomic mass is 31.2. The van der Waals surface area contributed by atoms with E-state index >= 15 is 0 Å². The van der Waals surface area contributed by atoms with Crippen molar-refractivity contribution in [1.29, 1.82) is 0 Å². The van der Waals surface area contributed by atoms with E-state index in [2.05, 4.69) is 86.8 Å². The minimum absolute atomic E-state index is 0.0782. The lowest BCUT2D eigenvalue weighted by Crippen LogP contribution is -2.37. The fraction of sp³-hybridized carbons (Fsp3) is 0.705. The first-order valence-corrected chi connectivity index (χ1v) is 22.2. The summed E-state index contributed by atoms with van der Waals surface area (Å²) in [6.07, 6.45) is 46.5. The molecule has 0 aliphatic heterocycles. The van der Waals surface area contributed by atoms with Crippen LogP contribution in [0.4, 0.5) is 0 Å². The highest BCUT2D eigenvalue weighted by Crippen LogP contribution is 2.43. The Morgan fingerprint density at radius 1 is 0.585 bits per heavy atom. The molecule has 0 amide bonds. The van der Waals surface area contributed by atoms with Gasteiger partial charge in [-0.25, -0.2) is 4.57 Å². The van der Waals surface area contributed by atoms with E-state index in [-0.39, 0.29) is 25.8 Å². The van der Waals surface area contributed by atoms with Crippen LogP contribution in [0.25, 0.3) is 0 Å². The zero-order valence-corrected chi connectivity index (χ0v) is 35.4. The number of quaternary nitrogens is 1. The number of phosphoric acid groups is 1. The molecule has 0 aromatic heterocycles. The molecule has 306 valence electrons. The normalized spacial score (nSPS) is 14.6. The van der Waals surface area contributed by atoms with E-state index in [1.54, 1.807) is 0 Å². The lowest BCUT2D eigenvalue weighted by molar-refractivity contribution is -0.870. The Morgan fingerprint density at radius 3 is 1.55 bits per heavy atom. The zero-order chi connectivity index (χ0) is 39.1. The van der Waals surface area contributed by atoms with Gasteiger partial charge >= 0.3 is 13.8 Å². The molecule has 0 saturated heterocycles. The molecule has 0 aliphatic carbocycles. The van der Waals surface area contributed by atoms with Crippen molar-refractivity contribution in [3.8, 4) is 0 Å². The van der Waals surface area contributed by atoms with Crippen LogP contribution in [0.1, 0.15) is 142 Å². The summed E-state index contributed by atoms with van der Waals surface area (Å²) in [4.78, 5) is 22.8. The van der Waals surface area contributed by atoms with Gasteiger partial charge in [0.15, 0.2) is 0 Å².